The van der Waals surface area contributed by atoms with Gasteiger partial charge < -0.3 is 19.3 Å². The maximum Gasteiger partial charge on any atom is 0.307 e. The fourth-order valence-corrected chi connectivity index (χ4v) is 11.7. The van der Waals surface area contributed by atoms with E-state index in [1.807, 2.05) is 34.9 Å². The summed E-state index contributed by atoms with van der Waals surface area (Å²) in [7, 11) is -3.96. The minimum Gasteiger partial charge on any atom is -0.460 e. The molecule has 5 atom stereocenters. The van der Waals surface area contributed by atoms with Gasteiger partial charge in [0.25, 0.3) is 6.01 Å². The summed E-state index contributed by atoms with van der Waals surface area (Å²) in [5.74, 6) is -2.88. The molecule has 3 aromatic rings. The number of benzene rings is 1. The predicted molar refractivity (Wildman–Crippen MR) is 238 cm³/mol. The molecule has 8 rings (SSSR count). The number of hydrogen-bond donors (Lipinski definition) is 1. The van der Waals surface area contributed by atoms with Crippen LogP contribution in [0.4, 0.5) is 5.13 Å². The molecule has 1 N–H and O–H groups in total. The molecule has 0 radical (unpaired) electrons. The number of nitrogens with zero attached hydrogens (tertiary/aromatic N) is 5. The first-order chi connectivity index (χ1) is 29.4. The minimum atomic E-state index is -3.96. The number of Topliss-reactive ketones (excluding diaryl/α,β-unsaturated/α-hetero) is 1. The van der Waals surface area contributed by atoms with Crippen LogP contribution < -0.4 is 14.4 Å². The predicted octanol–water partition coefficient (Wildman–Crippen LogP) is 7.52. The molecule has 16 heteroatoms. The lowest BCUT2D eigenvalue weighted by Crippen LogP contribution is -2.47. The normalized spacial score (nSPS) is 27.3. The van der Waals surface area contributed by atoms with Gasteiger partial charge in [-0.15, -0.1) is 11.3 Å². The second-order valence-electron chi connectivity index (χ2n) is 19.8. The number of carbonyl (C=O) groups is 4. The zero-order valence-electron chi connectivity index (χ0n) is 37.0. The molecule has 2 aliphatic carbocycles. The number of esters is 1. The number of ketones is 1. The Hall–Kier alpha value is -4.31. The maximum absolute atomic E-state index is 14.8. The molecule has 4 fully saturated rings. The van der Waals surface area contributed by atoms with Crippen LogP contribution in [0, 0.1) is 17.3 Å². The van der Waals surface area contributed by atoms with Crippen LogP contribution in [0.15, 0.2) is 35.7 Å². The number of hydrogen-bond acceptors (Lipinski definition) is 12. The number of sulfonamides is 1. The zero-order chi connectivity index (χ0) is 44.2. The molecule has 1 aromatic carbocycles. The van der Waals surface area contributed by atoms with Crippen LogP contribution in [0.1, 0.15) is 131 Å². The number of anilines is 1. The number of allylic oxidation sites excluding steroid dienone is 2. The molecular formula is C46H62N6O8S2. The Labute approximate surface area is 369 Å². The SMILES string of the molecule is CC(C)n1c(O[C@@H]2C[C@H]3C(=O)C[C@]4(C(=O)NS(=O)(=O)C5(C)CC5)C[C@H]4/C=C\CCCCC[C@H](CC(=O)OC(C)(C)C)C(=O)N3C2)nc2c(-c3csc(N4CCCC4)n3)cccc21. The van der Waals surface area contributed by atoms with Gasteiger partial charge >= 0.3 is 5.97 Å². The van der Waals surface area contributed by atoms with Crippen LogP contribution in [0.2, 0.25) is 0 Å². The molecule has 0 bridgehead atoms. The molecule has 336 valence electrons. The number of rotatable bonds is 10. The summed E-state index contributed by atoms with van der Waals surface area (Å²) < 4.78 is 42.5. The van der Waals surface area contributed by atoms with E-state index in [0.717, 1.165) is 72.6 Å². The number of ether oxygens (including phenoxy) is 2. The van der Waals surface area contributed by atoms with Gasteiger partial charge in [-0.25, -0.2) is 13.4 Å². The van der Waals surface area contributed by atoms with Gasteiger partial charge in [-0.2, -0.15) is 4.98 Å². The highest BCUT2D eigenvalue weighted by atomic mass is 32.2. The van der Waals surface area contributed by atoms with Crippen LogP contribution in [-0.4, -0.2) is 93.5 Å². The van der Waals surface area contributed by atoms with E-state index < -0.39 is 55.7 Å². The van der Waals surface area contributed by atoms with Gasteiger partial charge in [-0.1, -0.05) is 37.1 Å². The summed E-state index contributed by atoms with van der Waals surface area (Å²) in [5, 5.41) is 3.06. The molecule has 2 saturated heterocycles. The average molecular weight is 891 g/mol. The van der Waals surface area contributed by atoms with E-state index in [-0.39, 0.29) is 49.5 Å². The number of thiazole rings is 1. The largest absolute Gasteiger partial charge is 0.460 e. The Morgan fingerprint density at radius 2 is 1.81 bits per heavy atom. The third-order valence-electron chi connectivity index (χ3n) is 13.4. The van der Waals surface area contributed by atoms with Gasteiger partial charge in [0.05, 0.1) is 40.4 Å². The molecule has 2 saturated carbocycles. The number of para-hydroxylation sites is 1. The van der Waals surface area contributed by atoms with Crippen molar-refractivity contribution in [1.82, 2.24) is 24.2 Å². The Balaban J connectivity index is 1.11. The number of fused-ring (bicyclic) bond motifs is 3. The topological polar surface area (TPSA) is 170 Å². The molecule has 0 spiro atoms. The van der Waals surface area contributed by atoms with Gasteiger partial charge in [0.2, 0.25) is 21.8 Å². The van der Waals surface area contributed by atoms with Crippen LogP contribution in [0.25, 0.3) is 22.3 Å². The van der Waals surface area contributed by atoms with E-state index in [2.05, 4.69) is 28.8 Å². The van der Waals surface area contributed by atoms with Crippen molar-refractivity contribution in [2.45, 2.75) is 154 Å². The van der Waals surface area contributed by atoms with Crippen molar-refractivity contribution in [3.8, 4) is 17.3 Å². The smallest absolute Gasteiger partial charge is 0.307 e. The van der Waals surface area contributed by atoms with E-state index in [9.17, 15) is 27.6 Å². The van der Waals surface area contributed by atoms with E-state index in [0.29, 0.717) is 38.1 Å². The van der Waals surface area contributed by atoms with Crippen molar-refractivity contribution in [3.05, 3.63) is 35.7 Å². The van der Waals surface area contributed by atoms with Crippen LogP contribution in [0.5, 0.6) is 6.01 Å². The molecule has 5 aliphatic rings. The number of carbonyl (C=O) groups excluding carboxylic acids is 4. The Kier molecular flexibility index (Phi) is 12.1. The third kappa shape index (κ3) is 9.05. The van der Waals surface area contributed by atoms with E-state index in [4.69, 9.17) is 19.4 Å². The molecule has 3 aliphatic heterocycles. The summed E-state index contributed by atoms with van der Waals surface area (Å²) >= 11 is 1.63. The van der Waals surface area contributed by atoms with Gasteiger partial charge in [-0.3, -0.25) is 28.5 Å². The van der Waals surface area contributed by atoms with Crippen molar-refractivity contribution >= 4 is 61.1 Å². The van der Waals surface area contributed by atoms with Crippen LogP contribution in [-0.2, 0) is 33.9 Å². The second-order valence-corrected chi connectivity index (χ2v) is 22.8. The van der Waals surface area contributed by atoms with Crippen molar-refractivity contribution in [3.63, 3.8) is 0 Å². The van der Waals surface area contributed by atoms with Crippen molar-refractivity contribution in [1.29, 1.82) is 0 Å². The van der Waals surface area contributed by atoms with Crippen molar-refractivity contribution < 1.29 is 37.1 Å². The zero-order valence-corrected chi connectivity index (χ0v) is 38.6. The Bertz CT molecular complexity index is 2350. The molecule has 5 heterocycles. The fourth-order valence-electron chi connectivity index (χ4n) is 9.48. The molecule has 14 nitrogen and oxygen atoms in total. The third-order valence-corrected chi connectivity index (χ3v) is 16.5. The summed E-state index contributed by atoms with van der Waals surface area (Å²) in [6, 6.07) is 5.35. The summed E-state index contributed by atoms with van der Waals surface area (Å²) in [4.78, 5) is 71.0. The van der Waals surface area contributed by atoms with Gasteiger partial charge in [-0.05, 0) is 105 Å². The van der Waals surface area contributed by atoms with Gasteiger partial charge in [0.15, 0.2) is 10.9 Å². The molecule has 2 aromatic heterocycles. The summed E-state index contributed by atoms with van der Waals surface area (Å²) in [6.07, 6.45) is 10.2. The molecule has 62 heavy (non-hydrogen) atoms. The van der Waals surface area contributed by atoms with Crippen molar-refractivity contribution in [2.24, 2.45) is 17.3 Å². The molecule has 2 amide bonds. The number of nitrogens with one attached hydrogen (secondary N) is 1. The van der Waals surface area contributed by atoms with Crippen LogP contribution in [0.3, 0.4) is 0 Å². The summed E-state index contributed by atoms with van der Waals surface area (Å²) in [6.45, 7) is 13.2. The highest BCUT2D eigenvalue weighted by Gasteiger charge is 2.62. The standard InChI is InChI=1S/C46H62N6O8S2/c1-29(2)52-35-18-14-17-33(34-28-61-43(47-34)50-21-12-13-22-50)39(35)48-42(52)59-32-24-36-37(53)26-46(41(56)49-62(57,58)45(6)19-20-45)25-31(46)16-11-9-7-8-10-15-30(40(55)51(36)27-32)23-38(54)60-44(3,4)5/h11,14,16-18,28-32,36H,7-10,12-13,15,19-27H2,1-6H3,(H,49,56)/b16-11-/t30-,31-,32-,36+,46-/m1/s1. The van der Waals surface area contributed by atoms with Gasteiger partial charge in [0.1, 0.15) is 17.2 Å². The summed E-state index contributed by atoms with van der Waals surface area (Å²) in [5.41, 5.74) is 1.33. The average Bonchev–Trinajstić information content (AvgIpc) is 3.69. The quantitative estimate of drug-likeness (QED) is 0.158. The van der Waals surface area contributed by atoms with Gasteiger partial charge in [0, 0.05) is 48.8 Å². The number of amides is 2. The monoisotopic (exact) mass is 890 g/mol. The van der Waals surface area contributed by atoms with Crippen LogP contribution >= 0.6 is 11.3 Å². The van der Waals surface area contributed by atoms with E-state index in [1.54, 1.807) is 43.9 Å². The first-order valence-electron chi connectivity index (χ1n) is 22.5. The Morgan fingerprint density at radius 3 is 2.52 bits per heavy atom. The van der Waals surface area contributed by atoms with E-state index >= 15 is 0 Å². The highest BCUT2D eigenvalue weighted by Crippen LogP contribution is 2.58. The number of imidazole rings is 1. The highest BCUT2D eigenvalue weighted by molar-refractivity contribution is 7.91. The first kappa shape index (κ1) is 44.3. The maximum atomic E-state index is 14.8. The second kappa shape index (κ2) is 17.0. The lowest BCUT2D eigenvalue weighted by Gasteiger charge is -2.29. The lowest BCUT2D eigenvalue weighted by molar-refractivity contribution is -0.159. The Morgan fingerprint density at radius 1 is 1.05 bits per heavy atom. The first-order valence-corrected chi connectivity index (χ1v) is 24.9. The van der Waals surface area contributed by atoms with Crippen molar-refractivity contribution in [2.75, 3.05) is 24.5 Å². The fraction of sp³-hybridized carbons (Fsp3) is 0.652. The molecular weight excluding hydrogens is 829 g/mol. The minimum absolute atomic E-state index is 0.0541. The number of aromatic nitrogens is 3. The van der Waals surface area contributed by atoms with E-state index in [1.165, 1.54) is 0 Å². The lowest BCUT2D eigenvalue weighted by atomic mass is 9.90. The molecule has 0 unspecified atom stereocenters.